The molecule has 1 saturated carbocycles. The Balaban J connectivity index is 1.43. The monoisotopic (exact) mass is 345 g/mol. The van der Waals surface area contributed by atoms with Crippen LogP contribution in [0.4, 0.5) is 0 Å². The summed E-state index contributed by atoms with van der Waals surface area (Å²) in [7, 11) is 0. The van der Waals surface area contributed by atoms with Gasteiger partial charge in [0.25, 0.3) is 5.91 Å². The Labute approximate surface area is 143 Å². The number of carbonyl (C=O) groups excluding carboxylic acids is 2. The number of hydrogen-bond acceptors (Lipinski definition) is 4. The van der Waals surface area contributed by atoms with Gasteiger partial charge in [-0.05, 0) is 41.6 Å². The molecule has 0 aliphatic heterocycles. The van der Waals surface area contributed by atoms with Gasteiger partial charge in [0.15, 0.2) is 5.11 Å². The maximum Gasteiger partial charge on any atom is 0.267 e. The molecule has 1 aromatic heterocycles. The molecular weight excluding hydrogens is 330 g/mol. The van der Waals surface area contributed by atoms with Gasteiger partial charge < -0.3 is 0 Å². The number of thiophene rings is 1. The van der Waals surface area contributed by atoms with Crippen molar-refractivity contribution in [1.82, 2.24) is 16.2 Å². The van der Waals surface area contributed by atoms with Crippen molar-refractivity contribution in [2.75, 3.05) is 0 Å². The van der Waals surface area contributed by atoms with Crippen molar-refractivity contribution in [2.24, 2.45) is 5.92 Å². The minimum atomic E-state index is -0.291. The molecule has 5 nitrogen and oxygen atoms in total. The summed E-state index contributed by atoms with van der Waals surface area (Å²) in [5, 5.41) is 4.40. The lowest BCUT2D eigenvalue weighted by atomic mass is 10.1. The Bertz CT molecular complexity index is 716. The molecule has 3 rings (SSSR count). The minimum Gasteiger partial charge on any atom is -0.297 e. The molecule has 1 aliphatic rings. The van der Waals surface area contributed by atoms with Crippen LogP contribution in [0.2, 0.25) is 0 Å². The van der Waals surface area contributed by atoms with Gasteiger partial charge in [-0.25, -0.2) is 0 Å². The third kappa shape index (κ3) is 3.94. The van der Waals surface area contributed by atoms with Crippen LogP contribution >= 0.6 is 23.6 Å². The van der Waals surface area contributed by atoms with Crippen LogP contribution in [0.25, 0.3) is 0 Å². The van der Waals surface area contributed by atoms with E-state index in [4.69, 9.17) is 12.2 Å². The van der Waals surface area contributed by atoms with Crippen molar-refractivity contribution in [3.05, 3.63) is 58.3 Å². The van der Waals surface area contributed by atoms with E-state index in [1.807, 2.05) is 35.7 Å². The topological polar surface area (TPSA) is 70.2 Å². The van der Waals surface area contributed by atoms with Gasteiger partial charge in [-0.1, -0.05) is 36.4 Å². The highest BCUT2D eigenvalue weighted by Gasteiger charge is 2.43. The van der Waals surface area contributed by atoms with Gasteiger partial charge in [0.2, 0.25) is 5.91 Å². The van der Waals surface area contributed by atoms with E-state index < -0.39 is 0 Å². The molecule has 23 heavy (non-hydrogen) atoms. The molecule has 2 atom stereocenters. The van der Waals surface area contributed by atoms with Crippen molar-refractivity contribution in [3.63, 3.8) is 0 Å². The number of carbonyl (C=O) groups is 2. The van der Waals surface area contributed by atoms with Gasteiger partial charge in [-0.2, -0.15) is 0 Å². The molecule has 1 aromatic carbocycles. The van der Waals surface area contributed by atoms with Crippen LogP contribution in [0.3, 0.4) is 0 Å². The first-order valence-electron chi connectivity index (χ1n) is 7.15. The molecule has 1 aliphatic carbocycles. The summed E-state index contributed by atoms with van der Waals surface area (Å²) < 4.78 is 0. The molecule has 2 unspecified atom stereocenters. The minimum absolute atomic E-state index is 0.0549. The number of benzene rings is 1. The highest BCUT2D eigenvalue weighted by Crippen LogP contribution is 2.47. The van der Waals surface area contributed by atoms with Crippen LogP contribution in [0.5, 0.6) is 0 Å². The van der Waals surface area contributed by atoms with E-state index in [-0.39, 0.29) is 28.8 Å². The largest absolute Gasteiger partial charge is 0.297 e. The molecule has 0 saturated heterocycles. The van der Waals surface area contributed by atoms with Crippen LogP contribution < -0.4 is 16.2 Å². The summed E-state index contributed by atoms with van der Waals surface area (Å²) >= 11 is 6.32. The fourth-order valence-corrected chi connectivity index (χ4v) is 3.13. The van der Waals surface area contributed by atoms with Gasteiger partial charge in [0, 0.05) is 5.92 Å². The molecule has 118 valence electrons. The number of amides is 2. The summed E-state index contributed by atoms with van der Waals surface area (Å²) in [6, 6.07) is 13.4. The first kappa shape index (κ1) is 15.6. The van der Waals surface area contributed by atoms with Gasteiger partial charge in [-0.3, -0.25) is 25.8 Å². The van der Waals surface area contributed by atoms with Crippen molar-refractivity contribution in [2.45, 2.75) is 12.3 Å². The quantitative estimate of drug-likeness (QED) is 0.589. The van der Waals surface area contributed by atoms with E-state index in [0.29, 0.717) is 4.88 Å². The molecule has 1 fully saturated rings. The number of rotatable bonds is 3. The molecule has 7 heteroatoms. The standard InChI is InChI=1S/C16H15N3O2S2/c20-14(12-9-11(12)10-5-2-1-3-6-10)18-19-16(22)17-15(21)13-7-4-8-23-13/h1-8,11-12H,9H2,(H,18,20)(H2,17,19,21,22). The zero-order valence-corrected chi connectivity index (χ0v) is 13.7. The molecule has 3 N–H and O–H groups in total. The Morgan fingerprint density at radius 2 is 1.87 bits per heavy atom. The second-order valence-electron chi connectivity index (χ2n) is 5.23. The third-order valence-electron chi connectivity index (χ3n) is 3.63. The molecule has 2 aromatic rings. The van der Waals surface area contributed by atoms with Crippen LogP contribution in [-0.4, -0.2) is 16.9 Å². The van der Waals surface area contributed by atoms with Gasteiger partial charge in [0.1, 0.15) is 0 Å². The van der Waals surface area contributed by atoms with Gasteiger partial charge >= 0.3 is 0 Å². The zero-order chi connectivity index (χ0) is 16.2. The molecule has 0 radical (unpaired) electrons. The summed E-state index contributed by atoms with van der Waals surface area (Å²) in [6.45, 7) is 0. The SMILES string of the molecule is O=C(NC(=S)NNC(=O)C1CC1c1ccccc1)c1cccs1. The zero-order valence-electron chi connectivity index (χ0n) is 12.1. The maximum atomic E-state index is 12.1. The number of hydrogen-bond donors (Lipinski definition) is 3. The predicted molar refractivity (Wildman–Crippen MR) is 93.0 cm³/mol. The molecule has 2 amide bonds. The Hall–Kier alpha value is -2.25. The number of hydrazine groups is 1. The van der Waals surface area contributed by atoms with Crippen molar-refractivity contribution in [1.29, 1.82) is 0 Å². The summed E-state index contributed by atoms with van der Waals surface area (Å²) in [5.74, 6) is -0.208. The van der Waals surface area contributed by atoms with Crippen molar-refractivity contribution >= 4 is 40.5 Å². The van der Waals surface area contributed by atoms with Crippen LogP contribution in [0, 0.1) is 5.92 Å². The number of thiocarbonyl (C=S) groups is 1. The van der Waals surface area contributed by atoms with E-state index in [0.717, 1.165) is 6.42 Å². The van der Waals surface area contributed by atoms with E-state index >= 15 is 0 Å². The van der Waals surface area contributed by atoms with E-state index in [1.165, 1.54) is 16.9 Å². The predicted octanol–water partition coefficient (Wildman–Crippen LogP) is 2.19. The first-order chi connectivity index (χ1) is 11.1. The number of nitrogens with one attached hydrogen (secondary N) is 3. The lowest BCUT2D eigenvalue weighted by Gasteiger charge is -2.10. The van der Waals surface area contributed by atoms with Crippen LogP contribution in [0.1, 0.15) is 27.6 Å². The highest BCUT2D eigenvalue weighted by atomic mass is 32.1. The van der Waals surface area contributed by atoms with E-state index in [2.05, 4.69) is 16.2 Å². The van der Waals surface area contributed by atoms with Crippen molar-refractivity contribution in [3.8, 4) is 0 Å². The first-order valence-corrected chi connectivity index (χ1v) is 8.43. The maximum absolute atomic E-state index is 12.1. The fourth-order valence-electron chi connectivity index (χ4n) is 2.37. The lowest BCUT2D eigenvalue weighted by Crippen LogP contribution is -2.48. The van der Waals surface area contributed by atoms with Crippen molar-refractivity contribution < 1.29 is 9.59 Å². The average Bonchev–Trinajstić information content (AvgIpc) is 3.18. The Morgan fingerprint density at radius 3 is 2.57 bits per heavy atom. The summed E-state index contributed by atoms with van der Waals surface area (Å²) in [5.41, 5.74) is 6.29. The Kier molecular flexibility index (Phi) is 4.68. The summed E-state index contributed by atoms with van der Waals surface area (Å²) in [6.07, 6.45) is 0.825. The van der Waals surface area contributed by atoms with E-state index in [1.54, 1.807) is 12.1 Å². The normalized spacial score (nSPS) is 18.8. The van der Waals surface area contributed by atoms with Crippen LogP contribution in [-0.2, 0) is 4.79 Å². The fraction of sp³-hybridized carbons (Fsp3) is 0.188. The molecular formula is C16H15N3O2S2. The highest BCUT2D eigenvalue weighted by molar-refractivity contribution is 7.80. The second kappa shape index (κ2) is 6.89. The van der Waals surface area contributed by atoms with Gasteiger partial charge in [-0.15, -0.1) is 11.3 Å². The molecule has 0 bridgehead atoms. The third-order valence-corrected chi connectivity index (χ3v) is 4.70. The summed E-state index contributed by atoms with van der Waals surface area (Å²) in [4.78, 5) is 24.4. The van der Waals surface area contributed by atoms with Gasteiger partial charge in [0.05, 0.1) is 4.88 Å². The Morgan fingerprint density at radius 1 is 1.09 bits per heavy atom. The van der Waals surface area contributed by atoms with E-state index in [9.17, 15) is 9.59 Å². The second-order valence-corrected chi connectivity index (χ2v) is 6.59. The van der Waals surface area contributed by atoms with Crippen LogP contribution in [0.15, 0.2) is 47.8 Å². The lowest BCUT2D eigenvalue weighted by molar-refractivity contribution is -0.123. The smallest absolute Gasteiger partial charge is 0.267 e. The molecule has 1 heterocycles. The molecule has 0 spiro atoms. The average molecular weight is 345 g/mol.